The molecule has 2 saturated heterocycles. The molecule has 4 heterocycles. The summed E-state index contributed by atoms with van der Waals surface area (Å²) in [4.78, 5) is 40.6. The number of hydrogen-bond acceptors (Lipinski definition) is 6. The van der Waals surface area contributed by atoms with E-state index in [-0.39, 0.29) is 24.0 Å². The smallest absolute Gasteiger partial charge is 0.298 e. The summed E-state index contributed by atoms with van der Waals surface area (Å²) in [5.74, 6) is 6.49. The lowest BCUT2D eigenvalue weighted by molar-refractivity contribution is -0.126. The van der Waals surface area contributed by atoms with Gasteiger partial charge in [0.15, 0.2) is 0 Å². The third kappa shape index (κ3) is 4.39. The first-order valence-electron chi connectivity index (χ1n) is 11.4. The lowest BCUT2D eigenvalue weighted by Crippen LogP contribution is -2.56. The number of rotatable bonds is 5. The number of aromatic amines is 1. The van der Waals surface area contributed by atoms with Gasteiger partial charge >= 0.3 is 0 Å². The molecule has 2 fully saturated rings. The van der Waals surface area contributed by atoms with Crippen molar-refractivity contribution in [3.8, 4) is 17.6 Å². The van der Waals surface area contributed by atoms with E-state index in [9.17, 15) is 9.59 Å². The fourth-order valence-electron chi connectivity index (χ4n) is 4.39. The van der Waals surface area contributed by atoms with E-state index in [1.165, 1.54) is 6.33 Å². The average molecular weight is 459 g/mol. The van der Waals surface area contributed by atoms with Crippen LogP contribution in [-0.4, -0.2) is 74.9 Å². The van der Waals surface area contributed by atoms with Gasteiger partial charge in [0.25, 0.3) is 11.8 Å². The minimum absolute atomic E-state index is 0.0179. The fraction of sp³-hybridized carbons (Fsp3) is 0.360. The normalized spacial score (nSPS) is 16.5. The Morgan fingerprint density at radius 3 is 2.62 bits per heavy atom. The SMILES string of the molecule is CC#CC(=O)N1CCC(Nc2ncnc3[nH]cc(C(=O)N4CC(Oc5ccccc5)C4)c23)CC1. The number of ether oxygens (including phenoxy) is 1. The molecule has 2 aliphatic rings. The Balaban J connectivity index is 1.25. The van der Waals surface area contributed by atoms with E-state index in [2.05, 4.69) is 32.1 Å². The highest BCUT2D eigenvalue weighted by atomic mass is 16.5. The van der Waals surface area contributed by atoms with Crippen LogP contribution in [0, 0.1) is 11.8 Å². The fourth-order valence-corrected chi connectivity index (χ4v) is 4.39. The van der Waals surface area contributed by atoms with Gasteiger partial charge in [-0.2, -0.15) is 0 Å². The van der Waals surface area contributed by atoms with Gasteiger partial charge in [0.2, 0.25) is 0 Å². The van der Waals surface area contributed by atoms with Crippen molar-refractivity contribution in [2.24, 2.45) is 0 Å². The Morgan fingerprint density at radius 2 is 1.88 bits per heavy atom. The molecular formula is C25H26N6O3. The van der Waals surface area contributed by atoms with Crippen molar-refractivity contribution in [3.05, 3.63) is 48.4 Å². The zero-order chi connectivity index (χ0) is 23.5. The van der Waals surface area contributed by atoms with Gasteiger partial charge in [-0.3, -0.25) is 9.59 Å². The lowest BCUT2D eigenvalue weighted by atomic mass is 10.0. The van der Waals surface area contributed by atoms with Crippen LogP contribution in [0.1, 0.15) is 30.1 Å². The second-order valence-electron chi connectivity index (χ2n) is 8.50. The number of aromatic nitrogens is 3. The Hall–Kier alpha value is -4.06. The molecule has 3 aromatic rings. The van der Waals surface area contributed by atoms with Crippen molar-refractivity contribution in [1.82, 2.24) is 24.8 Å². The molecule has 0 atom stereocenters. The van der Waals surface area contributed by atoms with Crippen molar-refractivity contribution in [2.75, 3.05) is 31.5 Å². The van der Waals surface area contributed by atoms with Crippen LogP contribution < -0.4 is 10.1 Å². The highest BCUT2D eigenvalue weighted by molar-refractivity contribution is 6.09. The van der Waals surface area contributed by atoms with Crippen LogP contribution in [0.25, 0.3) is 11.0 Å². The van der Waals surface area contributed by atoms with Crippen LogP contribution >= 0.6 is 0 Å². The summed E-state index contributed by atoms with van der Waals surface area (Å²) in [6.07, 6.45) is 4.72. The molecule has 9 nitrogen and oxygen atoms in total. The number of piperidine rings is 1. The van der Waals surface area contributed by atoms with Crippen LogP contribution in [0.2, 0.25) is 0 Å². The summed E-state index contributed by atoms with van der Waals surface area (Å²) in [7, 11) is 0. The Kier molecular flexibility index (Phi) is 6.04. The first-order valence-corrected chi connectivity index (χ1v) is 11.4. The lowest BCUT2D eigenvalue weighted by Gasteiger charge is -2.39. The van der Waals surface area contributed by atoms with Crippen LogP contribution in [0.15, 0.2) is 42.9 Å². The summed E-state index contributed by atoms with van der Waals surface area (Å²) in [5.41, 5.74) is 1.16. The van der Waals surface area contributed by atoms with Crippen molar-refractivity contribution in [1.29, 1.82) is 0 Å². The zero-order valence-electron chi connectivity index (χ0n) is 19.0. The van der Waals surface area contributed by atoms with Gasteiger partial charge in [-0.15, -0.1) is 0 Å². The largest absolute Gasteiger partial charge is 0.487 e. The highest BCUT2D eigenvalue weighted by Crippen LogP contribution is 2.28. The second-order valence-corrected chi connectivity index (χ2v) is 8.50. The molecule has 0 saturated carbocycles. The maximum Gasteiger partial charge on any atom is 0.298 e. The van der Waals surface area contributed by atoms with Crippen LogP contribution in [0.3, 0.4) is 0 Å². The van der Waals surface area contributed by atoms with Gasteiger partial charge in [-0.05, 0) is 37.8 Å². The molecule has 0 radical (unpaired) electrons. The molecule has 9 heteroatoms. The van der Waals surface area contributed by atoms with Gasteiger partial charge in [-0.1, -0.05) is 24.1 Å². The molecule has 0 spiro atoms. The van der Waals surface area contributed by atoms with Gasteiger partial charge in [-0.25, -0.2) is 9.97 Å². The number of anilines is 1. The maximum absolute atomic E-state index is 13.2. The van der Waals surface area contributed by atoms with E-state index in [1.54, 1.807) is 22.9 Å². The summed E-state index contributed by atoms with van der Waals surface area (Å²) in [6.45, 7) is 4.00. The molecule has 2 amide bonds. The number of hydrogen-bond donors (Lipinski definition) is 2. The molecule has 2 aromatic heterocycles. The number of amides is 2. The number of likely N-dealkylation sites (tertiary alicyclic amines) is 2. The Labute approximate surface area is 197 Å². The van der Waals surface area contributed by atoms with Crippen LogP contribution in [-0.2, 0) is 4.79 Å². The van der Waals surface area contributed by atoms with E-state index in [0.29, 0.717) is 48.6 Å². The predicted octanol–water partition coefficient (Wildman–Crippen LogP) is 2.29. The molecule has 1 aromatic carbocycles. The third-order valence-corrected chi connectivity index (χ3v) is 6.24. The van der Waals surface area contributed by atoms with Crippen molar-refractivity contribution in [2.45, 2.75) is 31.9 Å². The molecule has 2 aliphatic heterocycles. The number of fused-ring (bicyclic) bond motifs is 1. The van der Waals surface area contributed by atoms with Gasteiger partial charge in [0, 0.05) is 25.3 Å². The standard InChI is InChI=1S/C25H26N6O3/c1-2-6-21(32)30-11-9-17(10-12-30)29-24-22-20(13-26-23(22)27-16-28-24)25(33)31-14-19(15-31)34-18-7-4-3-5-8-18/h3-5,7-8,13,16-17,19H,9-12,14-15H2,1H3,(H2,26,27,28,29). The van der Waals surface area contributed by atoms with E-state index in [4.69, 9.17) is 4.74 Å². The quantitative estimate of drug-likeness (QED) is 0.569. The van der Waals surface area contributed by atoms with Gasteiger partial charge in [0.05, 0.1) is 24.0 Å². The minimum atomic E-state index is -0.131. The summed E-state index contributed by atoms with van der Waals surface area (Å²) in [6, 6.07) is 9.77. The monoisotopic (exact) mass is 458 g/mol. The number of nitrogens with one attached hydrogen (secondary N) is 2. The van der Waals surface area contributed by atoms with E-state index < -0.39 is 0 Å². The first-order chi connectivity index (χ1) is 16.6. The van der Waals surface area contributed by atoms with Crippen LogP contribution in [0.5, 0.6) is 5.75 Å². The highest BCUT2D eigenvalue weighted by Gasteiger charge is 2.34. The number of carbonyl (C=O) groups is 2. The maximum atomic E-state index is 13.2. The molecule has 5 rings (SSSR count). The van der Waals surface area contributed by atoms with Crippen molar-refractivity contribution in [3.63, 3.8) is 0 Å². The molecular weight excluding hydrogens is 432 g/mol. The number of benzene rings is 1. The van der Waals surface area contributed by atoms with Crippen molar-refractivity contribution >= 4 is 28.7 Å². The van der Waals surface area contributed by atoms with Crippen molar-refractivity contribution < 1.29 is 14.3 Å². The molecule has 0 unspecified atom stereocenters. The van der Waals surface area contributed by atoms with Gasteiger partial charge < -0.3 is 24.8 Å². The zero-order valence-corrected chi connectivity index (χ0v) is 19.0. The first kappa shape index (κ1) is 21.8. The molecule has 0 aliphatic carbocycles. The third-order valence-electron chi connectivity index (χ3n) is 6.24. The van der Waals surface area contributed by atoms with E-state index in [1.807, 2.05) is 30.3 Å². The summed E-state index contributed by atoms with van der Waals surface area (Å²) < 4.78 is 5.93. The average Bonchev–Trinajstić information content (AvgIpc) is 3.27. The Morgan fingerprint density at radius 1 is 1.12 bits per heavy atom. The number of carbonyl (C=O) groups excluding carboxylic acids is 2. The number of H-pyrrole nitrogens is 1. The molecule has 0 bridgehead atoms. The topological polar surface area (TPSA) is 103 Å². The van der Waals surface area contributed by atoms with Gasteiger partial charge in [0.1, 0.15) is 29.6 Å². The van der Waals surface area contributed by atoms with Crippen LogP contribution in [0.4, 0.5) is 5.82 Å². The second kappa shape index (κ2) is 9.43. The molecule has 34 heavy (non-hydrogen) atoms. The summed E-state index contributed by atoms with van der Waals surface area (Å²) in [5, 5.41) is 4.16. The Bertz CT molecular complexity index is 1250. The predicted molar refractivity (Wildman–Crippen MR) is 127 cm³/mol. The number of para-hydroxylation sites is 1. The number of nitrogens with zero attached hydrogens (tertiary/aromatic N) is 4. The molecule has 2 N–H and O–H groups in total. The van der Waals surface area contributed by atoms with E-state index in [0.717, 1.165) is 18.6 Å². The molecule has 174 valence electrons. The summed E-state index contributed by atoms with van der Waals surface area (Å²) >= 11 is 0. The van der Waals surface area contributed by atoms with E-state index >= 15 is 0 Å². The minimum Gasteiger partial charge on any atom is -0.487 e.